The van der Waals surface area contributed by atoms with E-state index in [1.54, 1.807) is 6.20 Å². The number of hydrogen-bond acceptors (Lipinski definition) is 5. The van der Waals surface area contributed by atoms with Crippen LogP contribution in [0, 0.1) is 5.41 Å². The summed E-state index contributed by atoms with van der Waals surface area (Å²) in [5, 5.41) is 15.3. The van der Waals surface area contributed by atoms with E-state index in [0.29, 0.717) is 36.6 Å². The molecule has 0 aliphatic heterocycles. The first-order valence-electron chi connectivity index (χ1n) is 12.8. The van der Waals surface area contributed by atoms with Crippen molar-refractivity contribution >= 4 is 28.2 Å². The summed E-state index contributed by atoms with van der Waals surface area (Å²) < 4.78 is 18.7. The first-order valence-corrected chi connectivity index (χ1v) is 12.8. The van der Waals surface area contributed by atoms with Crippen LogP contribution in [0.4, 0.5) is 10.1 Å². The van der Waals surface area contributed by atoms with Crippen molar-refractivity contribution in [3.8, 4) is 11.3 Å². The van der Waals surface area contributed by atoms with Gasteiger partial charge in [0.25, 0.3) is 5.91 Å². The zero-order valence-corrected chi connectivity index (χ0v) is 22.1. The first kappa shape index (κ1) is 26.9. The van der Waals surface area contributed by atoms with Gasteiger partial charge in [-0.25, -0.2) is 9.37 Å². The van der Waals surface area contributed by atoms with Crippen LogP contribution in [0.3, 0.4) is 0 Å². The molecule has 1 amide bonds. The van der Waals surface area contributed by atoms with Crippen LogP contribution < -0.4 is 15.5 Å². The Bertz CT molecular complexity index is 1400. The highest BCUT2D eigenvalue weighted by Gasteiger charge is 2.21. The molecule has 1 aromatic heterocycles. The Labute approximate surface area is 222 Å². The topological polar surface area (TPSA) is 94.2 Å². The van der Waals surface area contributed by atoms with Gasteiger partial charge in [0, 0.05) is 37.5 Å². The number of rotatable bonds is 11. The molecule has 4 aromatic rings. The Morgan fingerprint density at radius 3 is 2.53 bits per heavy atom. The molecular formula is C30H34FN5O2. The molecule has 3 N–H and O–H groups in total. The van der Waals surface area contributed by atoms with Crippen LogP contribution in [0.25, 0.3) is 22.1 Å². The molecule has 0 spiro atoms. The number of alkyl halides is 1. The molecule has 0 saturated heterocycles. The Morgan fingerprint density at radius 2 is 1.82 bits per heavy atom. The Hall–Kier alpha value is -4.20. The lowest BCUT2D eigenvalue weighted by Gasteiger charge is -2.17. The van der Waals surface area contributed by atoms with Gasteiger partial charge in [0.05, 0.1) is 6.20 Å². The van der Waals surface area contributed by atoms with E-state index in [9.17, 15) is 9.18 Å². The summed E-state index contributed by atoms with van der Waals surface area (Å²) >= 11 is 0. The standard InChI is InChI=1S/C30H34FN5O2/c1-4-20-7-9-21(10-8-20)27-19-34-30(38-27)26(6-5-15-33-28(32)18-31)35-29(37)24-12-11-23-17-25(36(2)3)14-13-22(23)16-24/h7-14,16-17,19,26H,4-6,15,18H2,1-3H3,(H2,32,33)(H,35,37)/t26-/m0/s1. The summed E-state index contributed by atoms with van der Waals surface area (Å²) in [6, 6.07) is 19.4. The third-order valence-electron chi connectivity index (χ3n) is 6.52. The fourth-order valence-corrected chi connectivity index (χ4v) is 4.23. The monoisotopic (exact) mass is 515 g/mol. The van der Waals surface area contributed by atoms with Gasteiger partial charge in [-0.3, -0.25) is 10.2 Å². The number of nitrogens with one attached hydrogen (secondary N) is 3. The van der Waals surface area contributed by atoms with Crippen molar-refractivity contribution in [2.24, 2.45) is 0 Å². The van der Waals surface area contributed by atoms with Gasteiger partial charge in [0.1, 0.15) is 18.6 Å². The fraction of sp³-hybridized carbons (Fsp3) is 0.300. The molecule has 1 heterocycles. The van der Waals surface area contributed by atoms with Gasteiger partial charge in [-0.1, -0.05) is 43.3 Å². The van der Waals surface area contributed by atoms with E-state index < -0.39 is 12.7 Å². The fourth-order valence-electron chi connectivity index (χ4n) is 4.23. The van der Waals surface area contributed by atoms with E-state index in [2.05, 4.69) is 40.7 Å². The second-order valence-corrected chi connectivity index (χ2v) is 9.46. The van der Waals surface area contributed by atoms with Gasteiger partial charge < -0.3 is 20.0 Å². The highest BCUT2D eigenvalue weighted by Crippen LogP contribution is 2.27. The van der Waals surface area contributed by atoms with Crippen LogP contribution in [0.5, 0.6) is 0 Å². The molecule has 4 rings (SSSR count). The van der Waals surface area contributed by atoms with Crippen molar-refractivity contribution in [3.05, 3.63) is 83.9 Å². The average Bonchev–Trinajstić information content (AvgIpc) is 3.44. The largest absolute Gasteiger partial charge is 0.438 e. The van der Waals surface area contributed by atoms with Crippen LogP contribution in [-0.4, -0.2) is 44.0 Å². The number of carbonyl (C=O) groups excluding carboxylic acids is 1. The molecule has 3 aromatic carbocycles. The molecule has 198 valence electrons. The molecule has 0 fully saturated rings. The third kappa shape index (κ3) is 6.56. The van der Waals surface area contributed by atoms with Crippen LogP contribution in [0.2, 0.25) is 0 Å². The van der Waals surface area contributed by atoms with E-state index in [1.807, 2.05) is 61.5 Å². The molecule has 8 heteroatoms. The molecule has 0 radical (unpaired) electrons. The minimum Gasteiger partial charge on any atom is -0.438 e. The molecule has 0 unspecified atom stereocenters. The maximum atomic E-state index is 13.3. The Balaban J connectivity index is 1.53. The molecule has 0 aliphatic rings. The highest BCUT2D eigenvalue weighted by atomic mass is 19.1. The summed E-state index contributed by atoms with van der Waals surface area (Å²) in [6.45, 7) is 1.68. The second kappa shape index (κ2) is 12.4. The molecule has 0 bridgehead atoms. The quantitative estimate of drug-likeness (QED) is 0.131. The molecule has 1 atom stereocenters. The summed E-state index contributed by atoms with van der Waals surface area (Å²) in [7, 11) is 3.99. The molecule has 0 saturated carbocycles. The van der Waals surface area contributed by atoms with Crippen molar-refractivity contribution in [2.45, 2.75) is 32.2 Å². The number of oxazole rings is 1. The number of carbonyl (C=O) groups is 1. The van der Waals surface area contributed by atoms with Gasteiger partial charge in [0.2, 0.25) is 5.89 Å². The highest BCUT2D eigenvalue weighted by molar-refractivity contribution is 5.99. The Kier molecular flexibility index (Phi) is 8.73. The van der Waals surface area contributed by atoms with E-state index in [1.165, 1.54) is 5.56 Å². The zero-order chi connectivity index (χ0) is 27.1. The summed E-state index contributed by atoms with van der Waals surface area (Å²) in [5.74, 6) is 0.643. The number of fused-ring (bicyclic) bond motifs is 1. The minimum absolute atomic E-state index is 0.159. The van der Waals surface area contributed by atoms with Crippen molar-refractivity contribution in [1.29, 1.82) is 5.41 Å². The van der Waals surface area contributed by atoms with Crippen LogP contribution in [0.1, 0.15) is 47.6 Å². The Morgan fingerprint density at radius 1 is 1.08 bits per heavy atom. The number of halogens is 1. The summed E-state index contributed by atoms with van der Waals surface area (Å²) in [5.41, 5.74) is 3.78. The summed E-state index contributed by atoms with van der Waals surface area (Å²) in [6.07, 6.45) is 3.72. The van der Waals surface area contributed by atoms with Crippen LogP contribution >= 0.6 is 0 Å². The lowest BCUT2D eigenvalue weighted by molar-refractivity contribution is 0.0927. The number of nitrogens with zero attached hydrogens (tertiary/aromatic N) is 2. The number of anilines is 1. The number of benzene rings is 3. The van der Waals surface area contributed by atoms with E-state index in [-0.39, 0.29) is 11.7 Å². The number of aryl methyl sites for hydroxylation is 1. The molecule has 38 heavy (non-hydrogen) atoms. The average molecular weight is 516 g/mol. The van der Waals surface area contributed by atoms with Gasteiger partial charge >= 0.3 is 0 Å². The second-order valence-electron chi connectivity index (χ2n) is 9.46. The smallest absolute Gasteiger partial charge is 0.251 e. The van der Waals surface area contributed by atoms with Crippen LogP contribution in [-0.2, 0) is 6.42 Å². The zero-order valence-electron chi connectivity index (χ0n) is 22.1. The third-order valence-corrected chi connectivity index (χ3v) is 6.52. The van der Waals surface area contributed by atoms with Crippen LogP contribution in [0.15, 0.2) is 71.3 Å². The van der Waals surface area contributed by atoms with Gasteiger partial charge in [0.15, 0.2) is 5.76 Å². The number of aromatic nitrogens is 1. The lowest BCUT2D eigenvalue weighted by atomic mass is 10.0. The van der Waals surface area contributed by atoms with Crippen molar-refractivity contribution < 1.29 is 13.6 Å². The lowest BCUT2D eigenvalue weighted by Crippen LogP contribution is -2.30. The molecular weight excluding hydrogens is 481 g/mol. The summed E-state index contributed by atoms with van der Waals surface area (Å²) in [4.78, 5) is 19.8. The molecule has 7 nitrogen and oxygen atoms in total. The van der Waals surface area contributed by atoms with Gasteiger partial charge in [-0.05, 0) is 59.9 Å². The van der Waals surface area contributed by atoms with Gasteiger partial charge in [-0.2, -0.15) is 0 Å². The minimum atomic E-state index is -0.835. The normalized spacial score (nSPS) is 11.8. The van der Waals surface area contributed by atoms with Gasteiger partial charge in [-0.15, -0.1) is 0 Å². The number of amidine groups is 1. The van der Waals surface area contributed by atoms with Crippen molar-refractivity contribution in [3.63, 3.8) is 0 Å². The van der Waals surface area contributed by atoms with E-state index >= 15 is 0 Å². The SMILES string of the molecule is CCc1ccc(-c2cnc([C@H](CCCNC(=N)CF)NC(=O)c3ccc4cc(N(C)C)ccc4c3)o2)cc1. The van der Waals surface area contributed by atoms with E-state index in [0.717, 1.165) is 28.4 Å². The number of hydrogen-bond donors (Lipinski definition) is 3. The first-order chi connectivity index (χ1) is 18.4. The molecule has 0 aliphatic carbocycles. The maximum Gasteiger partial charge on any atom is 0.251 e. The van der Waals surface area contributed by atoms with Crippen molar-refractivity contribution in [2.75, 3.05) is 32.2 Å². The van der Waals surface area contributed by atoms with Crippen molar-refractivity contribution in [1.82, 2.24) is 15.6 Å². The predicted octanol–water partition coefficient (Wildman–Crippen LogP) is 5.91. The maximum absolute atomic E-state index is 13.3. The van der Waals surface area contributed by atoms with E-state index in [4.69, 9.17) is 9.83 Å². The number of amides is 1. The predicted molar refractivity (Wildman–Crippen MR) is 151 cm³/mol.